The van der Waals surface area contributed by atoms with Crippen LogP contribution in [0.25, 0.3) is 0 Å². The number of hydrogen-bond donors (Lipinski definition) is 0. The quantitative estimate of drug-likeness (QED) is 0.287. The molecule has 1 aliphatic rings. The van der Waals surface area contributed by atoms with Crippen LogP contribution in [0.15, 0.2) is 41.0 Å². The topological polar surface area (TPSA) is 87.2 Å². The number of alkyl halides is 3. The Labute approximate surface area is 246 Å². The fourth-order valence-corrected chi connectivity index (χ4v) is 5.71. The number of amides is 1. The summed E-state index contributed by atoms with van der Waals surface area (Å²) in [5.74, 6) is -1.31. The average molecular weight is 646 g/mol. The van der Waals surface area contributed by atoms with Crippen molar-refractivity contribution in [1.82, 2.24) is 9.88 Å². The maximum absolute atomic E-state index is 13.7. The molecule has 41 heavy (non-hydrogen) atoms. The summed E-state index contributed by atoms with van der Waals surface area (Å²) in [6.07, 6.45) is -6.03. The second kappa shape index (κ2) is 13.0. The molecule has 4 atom stereocenters. The number of methoxy groups -OCH3 is 1. The van der Waals surface area contributed by atoms with E-state index in [2.05, 4.69) is 20.9 Å². The first-order valence-corrected chi connectivity index (χ1v) is 14.0. The van der Waals surface area contributed by atoms with E-state index in [1.807, 2.05) is 20.8 Å². The molecule has 226 valence electrons. The van der Waals surface area contributed by atoms with E-state index in [1.165, 1.54) is 12.0 Å². The molecule has 0 N–H and O–H groups in total. The van der Waals surface area contributed by atoms with E-state index in [0.717, 1.165) is 6.07 Å². The predicted octanol–water partition coefficient (Wildman–Crippen LogP) is 6.95. The van der Waals surface area contributed by atoms with Crippen molar-refractivity contribution >= 4 is 28.0 Å². The highest BCUT2D eigenvalue weighted by molar-refractivity contribution is 9.10. The van der Waals surface area contributed by atoms with Crippen LogP contribution in [-0.2, 0) is 31.8 Å². The summed E-state index contributed by atoms with van der Waals surface area (Å²) in [5.41, 5.74) is -0.889. The van der Waals surface area contributed by atoms with E-state index < -0.39 is 59.4 Å². The Bertz CT molecular complexity index is 1230. The maximum atomic E-state index is 13.7. The van der Waals surface area contributed by atoms with Crippen LogP contribution < -0.4 is 4.74 Å². The van der Waals surface area contributed by atoms with Gasteiger partial charge in [0.05, 0.1) is 44.1 Å². The van der Waals surface area contributed by atoms with Gasteiger partial charge in [-0.05, 0) is 43.9 Å². The van der Waals surface area contributed by atoms with Crippen molar-refractivity contribution in [1.29, 1.82) is 0 Å². The van der Waals surface area contributed by atoms with Crippen LogP contribution in [0, 0.1) is 11.3 Å². The first-order chi connectivity index (χ1) is 19.1. The summed E-state index contributed by atoms with van der Waals surface area (Å²) in [6, 6.07) is 6.13. The maximum Gasteiger partial charge on any atom is 0.417 e. The number of rotatable bonds is 8. The van der Waals surface area contributed by atoms with Gasteiger partial charge in [-0.15, -0.1) is 0 Å². The second-order valence-corrected chi connectivity index (χ2v) is 11.9. The zero-order chi connectivity index (χ0) is 30.7. The number of hydrogen-bond acceptors (Lipinski definition) is 7. The smallest absolute Gasteiger partial charge is 0.417 e. The van der Waals surface area contributed by atoms with E-state index in [0.29, 0.717) is 16.2 Å². The van der Waals surface area contributed by atoms with E-state index in [4.69, 9.17) is 18.9 Å². The van der Waals surface area contributed by atoms with Crippen molar-refractivity contribution in [3.63, 3.8) is 0 Å². The molecular formula is C29H36BrF3N2O6. The molecule has 1 saturated heterocycles. The van der Waals surface area contributed by atoms with Gasteiger partial charge < -0.3 is 18.9 Å². The van der Waals surface area contributed by atoms with E-state index in [-0.39, 0.29) is 24.7 Å². The summed E-state index contributed by atoms with van der Waals surface area (Å²) >= 11 is 3.56. The number of carbonyl (C=O) groups is 2. The number of esters is 1. The Kier molecular flexibility index (Phi) is 10.3. The molecule has 0 bridgehead atoms. The van der Waals surface area contributed by atoms with Crippen LogP contribution in [0.2, 0.25) is 0 Å². The van der Waals surface area contributed by atoms with Crippen LogP contribution in [-0.4, -0.2) is 53.9 Å². The molecule has 3 rings (SSSR count). The predicted molar refractivity (Wildman–Crippen MR) is 148 cm³/mol. The highest BCUT2D eigenvalue weighted by atomic mass is 79.9. The molecule has 1 aromatic carbocycles. The molecule has 2 heterocycles. The number of ether oxygens (including phenoxy) is 4. The Balaban J connectivity index is 2.21. The fourth-order valence-electron chi connectivity index (χ4n) is 5.19. The third-order valence-electron chi connectivity index (χ3n) is 6.78. The largest absolute Gasteiger partial charge is 0.481 e. The molecular weight excluding hydrogens is 609 g/mol. The number of carbonyl (C=O) groups excluding carboxylic acids is 2. The van der Waals surface area contributed by atoms with Crippen LogP contribution in [0.1, 0.15) is 64.3 Å². The summed E-state index contributed by atoms with van der Waals surface area (Å²) in [6.45, 7) is 10.5. The average Bonchev–Trinajstić information content (AvgIpc) is 3.22. The minimum Gasteiger partial charge on any atom is -0.481 e. The van der Waals surface area contributed by atoms with E-state index in [9.17, 15) is 22.8 Å². The van der Waals surface area contributed by atoms with Crippen molar-refractivity contribution in [3.8, 4) is 5.88 Å². The number of nitrogens with zero attached hydrogens (tertiary/aromatic N) is 2. The van der Waals surface area contributed by atoms with Gasteiger partial charge in [0, 0.05) is 22.2 Å². The third-order valence-corrected chi connectivity index (χ3v) is 7.50. The van der Waals surface area contributed by atoms with Gasteiger partial charge in [-0.3, -0.25) is 4.90 Å². The number of halogens is 4. The van der Waals surface area contributed by atoms with E-state index >= 15 is 0 Å². The number of likely N-dealkylation sites (tertiary alicyclic amines) is 1. The van der Waals surface area contributed by atoms with E-state index in [1.54, 1.807) is 45.0 Å². The summed E-state index contributed by atoms with van der Waals surface area (Å²) in [5, 5.41) is 0. The standard InChI is InChI=1S/C29H36BrF3N2O6/c1-8-39-26(36)23-21(28(4,5)6)24(40-15-17-13-18(29(31,32)33)14-34-25(17)38-7)22(19-11-9-10-12-20(19)30)35(23)27(37)41-16(2)3/h9-14,16,21-24H,8,15H2,1-7H3/t21-,22+,23+,24+/m1/s1. The van der Waals surface area contributed by atoms with Crippen LogP contribution in [0.5, 0.6) is 5.88 Å². The molecule has 12 heteroatoms. The SMILES string of the molecule is CCOC(=O)[C@@H]1[C@@H](C(C)(C)C)[C@H](OCc2cc(C(F)(F)F)cnc2OC)[C@H](c2ccccc2Br)N1C(=O)OC(C)C. The van der Waals surface area contributed by atoms with Crippen molar-refractivity contribution in [2.24, 2.45) is 11.3 Å². The van der Waals surface area contributed by atoms with Gasteiger partial charge in [0.1, 0.15) is 6.04 Å². The third kappa shape index (κ3) is 7.32. The summed E-state index contributed by atoms with van der Waals surface area (Å²) in [4.78, 5) is 32.4. The van der Waals surface area contributed by atoms with Crippen molar-refractivity contribution < 1.29 is 41.7 Å². The van der Waals surface area contributed by atoms with Crippen molar-refractivity contribution in [2.75, 3.05) is 13.7 Å². The van der Waals surface area contributed by atoms with Crippen molar-refractivity contribution in [2.45, 2.75) is 78.6 Å². The lowest BCUT2D eigenvalue weighted by Gasteiger charge is -2.35. The zero-order valence-corrected chi connectivity index (χ0v) is 25.7. The summed E-state index contributed by atoms with van der Waals surface area (Å²) < 4.78 is 63.9. The molecule has 1 amide bonds. The molecule has 0 radical (unpaired) electrons. The number of benzene rings is 1. The Morgan fingerprint density at radius 2 is 1.80 bits per heavy atom. The van der Waals surface area contributed by atoms with Gasteiger partial charge in [-0.1, -0.05) is 54.9 Å². The molecule has 0 spiro atoms. The van der Waals surface area contributed by atoms with Gasteiger partial charge in [0.25, 0.3) is 0 Å². The van der Waals surface area contributed by atoms with Crippen LogP contribution >= 0.6 is 15.9 Å². The Morgan fingerprint density at radius 1 is 1.15 bits per heavy atom. The second-order valence-electron chi connectivity index (χ2n) is 11.1. The first-order valence-electron chi connectivity index (χ1n) is 13.2. The molecule has 1 fully saturated rings. The van der Waals surface area contributed by atoms with Gasteiger partial charge in [-0.2, -0.15) is 13.2 Å². The molecule has 0 saturated carbocycles. The molecule has 1 aliphatic heterocycles. The summed E-state index contributed by atoms with van der Waals surface area (Å²) in [7, 11) is 1.30. The Morgan fingerprint density at radius 3 is 2.34 bits per heavy atom. The number of pyridine rings is 1. The zero-order valence-electron chi connectivity index (χ0n) is 24.1. The van der Waals surface area contributed by atoms with Crippen LogP contribution in [0.3, 0.4) is 0 Å². The minimum absolute atomic E-state index is 0.0289. The normalized spacial score (nSPS) is 21.2. The fraction of sp³-hybridized carbons (Fsp3) is 0.552. The monoisotopic (exact) mass is 644 g/mol. The molecule has 2 aromatic rings. The highest BCUT2D eigenvalue weighted by Gasteiger charge is 2.60. The van der Waals surface area contributed by atoms with Gasteiger partial charge in [-0.25, -0.2) is 14.6 Å². The highest BCUT2D eigenvalue weighted by Crippen LogP contribution is 2.51. The van der Waals surface area contributed by atoms with Crippen molar-refractivity contribution in [3.05, 3.63) is 57.7 Å². The number of aromatic nitrogens is 1. The van der Waals surface area contributed by atoms with Gasteiger partial charge >= 0.3 is 18.2 Å². The molecule has 8 nitrogen and oxygen atoms in total. The molecule has 1 aromatic heterocycles. The van der Waals surface area contributed by atoms with Crippen LogP contribution in [0.4, 0.5) is 18.0 Å². The van der Waals surface area contributed by atoms with Gasteiger partial charge in [0.2, 0.25) is 5.88 Å². The molecule has 0 unspecified atom stereocenters. The lowest BCUT2D eigenvalue weighted by Crippen LogP contribution is -2.48. The molecule has 0 aliphatic carbocycles. The van der Waals surface area contributed by atoms with Gasteiger partial charge in [0.15, 0.2) is 0 Å². The Hall–Kier alpha value is -2.86. The lowest BCUT2D eigenvalue weighted by molar-refractivity contribution is -0.152. The first kappa shape index (κ1) is 32.7. The lowest BCUT2D eigenvalue weighted by atomic mass is 9.73. The minimum atomic E-state index is -4.63.